The van der Waals surface area contributed by atoms with Crippen LogP contribution in [-0.4, -0.2) is 23.8 Å². The number of thiophene rings is 1. The lowest BCUT2D eigenvalue weighted by Crippen LogP contribution is -2.47. The van der Waals surface area contributed by atoms with Crippen LogP contribution in [0.5, 0.6) is 0 Å². The zero-order valence-corrected chi connectivity index (χ0v) is 13.1. The van der Waals surface area contributed by atoms with Crippen molar-refractivity contribution in [1.82, 2.24) is 10.6 Å². The van der Waals surface area contributed by atoms with E-state index in [2.05, 4.69) is 30.5 Å². The second kappa shape index (κ2) is 6.59. The summed E-state index contributed by atoms with van der Waals surface area (Å²) in [7, 11) is 0. The Kier molecular flexibility index (Phi) is 5.05. The number of aryl methyl sites for hydroxylation is 1. The first-order valence-electron chi connectivity index (χ1n) is 7.25. The smallest absolute Gasteiger partial charge is 0.315 e. The van der Waals surface area contributed by atoms with Crippen LogP contribution >= 0.6 is 11.3 Å². The number of aliphatic hydroxyl groups excluding tert-OH is 1. The molecule has 1 saturated carbocycles. The van der Waals surface area contributed by atoms with Crippen molar-refractivity contribution < 1.29 is 9.90 Å². The van der Waals surface area contributed by atoms with E-state index in [1.54, 1.807) is 11.3 Å². The van der Waals surface area contributed by atoms with Gasteiger partial charge in [0, 0.05) is 21.7 Å². The summed E-state index contributed by atoms with van der Waals surface area (Å²) in [5.74, 6) is 0. The molecule has 0 bridgehead atoms. The maximum atomic E-state index is 11.8. The number of amides is 2. The third-order valence-corrected chi connectivity index (χ3v) is 5.15. The molecule has 0 aromatic carbocycles. The summed E-state index contributed by atoms with van der Waals surface area (Å²) in [5, 5.41) is 15.8. The first-order valence-corrected chi connectivity index (χ1v) is 8.06. The van der Waals surface area contributed by atoms with E-state index in [1.165, 1.54) is 4.88 Å². The van der Waals surface area contributed by atoms with E-state index in [9.17, 15) is 9.90 Å². The van der Waals surface area contributed by atoms with E-state index in [0.717, 1.165) is 30.6 Å². The van der Waals surface area contributed by atoms with Crippen molar-refractivity contribution in [3.63, 3.8) is 0 Å². The van der Waals surface area contributed by atoms with E-state index in [-0.39, 0.29) is 17.6 Å². The molecule has 1 heterocycles. The molecule has 1 aliphatic rings. The molecular formula is C15H24N2O2S. The van der Waals surface area contributed by atoms with Crippen LogP contribution in [0.1, 0.15) is 42.4 Å². The van der Waals surface area contributed by atoms with Gasteiger partial charge in [-0.25, -0.2) is 4.79 Å². The summed E-state index contributed by atoms with van der Waals surface area (Å²) in [4.78, 5) is 14.2. The number of hydrogen-bond donors (Lipinski definition) is 3. The normalized spacial score (nSPS) is 26.2. The van der Waals surface area contributed by atoms with Crippen molar-refractivity contribution in [3.8, 4) is 0 Å². The van der Waals surface area contributed by atoms with Gasteiger partial charge in [-0.1, -0.05) is 19.8 Å². The van der Waals surface area contributed by atoms with Gasteiger partial charge >= 0.3 is 6.03 Å². The molecule has 0 spiro atoms. The number of urea groups is 1. The predicted octanol–water partition coefficient (Wildman–Crippen LogP) is 2.80. The monoisotopic (exact) mass is 296 g/mol. The van der Waals surface area contributed by atoms with Gasteiger partial charge in [-0.15, -0.1) is 11.3 Å². The number of rotatable bonds is 4. The van der Waals surface area contributed by atoms with Crippen molar-refractivity contribution in [1.29, 1.82) is 0 Å². The van der Waals surface area contributed by atoms with Gasteiger partial charge in [0.2, 0.25) is 0 Å². The molecule has 2 atom stereocenters. The SMILES string of the molecule is Cc1ccc(CNC(=O)NCC2(C)CCCCC2O)s1. The van der Waals surface area contributed by atoms with Crippen molar-refractivity contribution in [3.05, 3.63) is 21.9 Å². The van der Waals surface area contributed by atoms with Gasteiger partial charge in [0.15, 0.2) is 0 Å². The highest BCUT2D eigenvalue weighted by molar-refractivity contribution is 7.11. The highest BCUT2D eigenvalue weighted by Gasteiger charge is 2.35. The summed E-state index contributed by atoms with van der Waals surface area (Å²) >= 11 is 1.69. The molecule has 20 heavy (non-hydrogen) atoms. The highest BCUT2D eigenvalue weighted by atomic mass is 32.1. The molecule has 1 fully saturated rings. The Hall–Kier alpha value is -1.07. The molecule has 1 aromatic rings. The lowest BCUT2D eigenvalue weighted by molar-refractivity contribution is 0.00309. The first-order chi connectivity index (χ1) is 9.49. The number of aliphatic hydroxyl groups is 1. The van der Waals surface area contributed by atoms with Crippen LogP contribution in [0.3, 0.4) is 0 Å². The minimum Gasteiger partial charge on any atom is -0.392 e. The number of hydrogen-bond acceptors (Lipinski definition) is 3. The molecule has 2 amide bonds. The fraction of sp³-hybridized carbons (Fsp3) is 0.667. The van der Waals surface area contributed by atoms with Crippen molar-refractivity contribution in [2.45, 2.75) is 52.2 Å². The maximum Gasteiger partial charge on any atom is 0.315 e. The number of carbonyl (C=O) groups excluding carboxylic acids is 1. The highest BCUT2D eigenvalue weighted by Crippen LogP contribution is 2.35. The quantitative estimate of drug-likeness (QED) is 0.800. The van der Waals surface area contributed by atoms with Gasteiger partial charge in [0.05, 0.1) is 12.6 Å². The average molecular weight is 296 g/mol. The molecule has 2 unspecified atom stereocenters. The molecule has 5 heteroatoms. The van der Waals surface area contributed by atoms with Crippen LogP contribution in [0, 0.1) is 12.3 Å². The third-order valence-electron chi connectivity index (χ3n) is 4.15. The van der Waals surface area contributed by atoms with E-state index >= 15 is 0 Å². The number of nitrogens with one attached hydrogen (secondary N) is 2. The molecule has 0 saturated heterocycles. The van der Waals surface area contributed by atoms with Crippen molar-refractivity contribution in [2.75, 3.05) is 6.54 Å². The standard InChI is InChI=1S/C15H24N2O2S/c1-11-6-7-12(20-11)9-16-14(19)17-10-15(2)8-4-3-5-13(15)18/h6-7,13,18H,3-5,8-10H2,1-2H3,(H2,16,17,19). The topological polar surface area (TPSA) is 61.4 Å². The second-order valence-corrected chi connectivity index (χ2v) is 7.34. The fourth-order valence-electron chi connectivity index (χ4n) is 2.68. The van der Waals surface area contributed by atoms with Crippen LogP contribution < -0.4 is 10.6 Å². The van der Waals surface area contributed by atoms with Crippen LogP contribution in [0.4, 0.5) is 4.79 Å². The maximum absolute atomic E-state index is 11.8. The largest absolute Gasteiger partial charge is 0.392 e. The van der Waals surface area contributed by atoms with Crippen LogP contribution in [0.15, 0.2) is 12.1 Å². The lowest BCUT2D eigenvalue weighted by atomic mass is 9.73. The Bertz CT molecular complexity index is 460. The zero-order valence-electron chi connectivity index (χ0n) is 12.2. The zero-order chi connectivity index (χ0) is 14.6. The molecule has 0 aliphatic heterocycles. The van der Waals surface area contributed by atoms with Gasteiger partial charge in [-0.05, 0) is 31.9 Å². The molecular weight excluding hydrogens is 272 g/mol. The van der Waals surface area contributed by atoms with Gasteiger partial charge < -0.3 is 15.7 Å². The molecule has 2 rings (SSSR count). The second-order valence-electron chi connectivity index (χ2n) is 5.96. The number of carbonyl (C=O) groups is 1. The van der Waals surface area contributed by atoms with Crippen molar-refractivity contribution >= 4 is 17.4 Å². The van der Waals surface area contributed by atoms with Gasteiger partial charge in [0.25, 0.3) is 0 Å². The first kappa shape index (κ1) is 15.3. The molecule has 1 aliphatic carbocycles. The van der Waals surface area contributed by atoms with Crippen molar-refractivity contribution in [2.24, 2.45) is 5.41 Å². The molecule has 4 nitrogen and oxygen atoms in total. The van der Waals surface area contributed by atoms with Crippen LogP contribution in [0.25, 0.3) is 0 Å². The Balaban J connectivity index is 1.74. The Labute approximate surface area is 124 Å². The van der Waals surface area contributed by atoms with Gasteiger partial charge in [-0.2, -0.15) is 0 Å². The summed E-state index contributed by atoms with van der Waals surface area (Å²) in [5.41, 5.74) is -0.185. The molecule has 1 aromatic heterocycles. The fourth-order valence-corrected chi connectivity index (χ4v) is 3.51. The van der Waals surface area contributed by atoms with E-state index in [0.29, 0.717) is 13.1 Å². The minimum absolute atomic E-state index is 0.157. The third kappa shape index (κ3) is 3.96. The summed E-state index contributed by atoms with van der Waals surface area (Å²) in [6, 6.07) is 3.93. The molecule has 0 radical (unpaired) electrons. The van der Waals surface area contributed by atoms with Crippen LogP contribution in [0.2, 0.25) is 0 Å². The Morgan fingerprint density at radius 3 is 2.90 bits per heavy atom. The lowest BCUT2D eigenvalue weighted by Gasteiger charge is -2.38. The van der Waals surface area contributed by atoms with Crippen LogP contribution in [-0.2, 0) is 6.54 Å². The molecule has 112 valence electrons. The summed E-state index contributed by atoms with van der Waals surface area (Å²) in [6.45, 7) is 5.20. The minimum atomic E-state index is -0.309. The Morgan fingerprint density at radius 1 is 1.45 bits per heavy atom. The average Bonchev–Trinajstić information content (AvgIpc) is 2.84. The predicted molar refractivity (Wildman–Crippen MR) is 81.9 cm³/mol. The summed E-state index contributed by atoms with van der Waals surface area (Å²) in [6.07, 6.45) is 3.72. The van der Waals surface area contributed by atoms with E-state index in [4.69, 9.17) is 0 Å². The van der Waals surface area contributed by atoms with Gasteiger partial charge in [0.1, 0.15) is 0 Å². The molecule has 3 N–H and O–H groups in total. The van der Waals surface area contributed by atoms with E-state index in [1.807, 2.05) is 6.07 Å². The van der Waals surface area contributed by atoms with E-state index < -0.39 is 0 Å². The van der Waals surface area contributed by atoms with Gasteiger partial charge in [-0.3, -0.25) is 0 Å². The Morgan fingerprint density at radius 2 is 2.25 bits per heavy atom. The summed E-state index contributed by atoms with van der Waals surface area (Å²) < 4.78 is 0.